The molecule has 21 heavy (non-hydrogen) atoms. The molecule has 0 saturated carbocycles. The highest BCUT2D eigenvalue weighted by atomic mass is 19.1. The minimum absolute atomic E-state index is 0.0230. The molecule has 2 atom stereocenters. The average molecular weight is 298 g/mol. The zero-order chi connectivity index (χ0) is 15.6. The molecular formula is C15H20F2N2O2. The molecule has 1 aliphatic heterocycles. The molecule has 1 aromatic rings. The maximum absolute atomic E-state index is 14.1. The third-order valence-electron chi connectivity index (χ3n) is 4.03. The fourth-order valence-electron chi connectivity index (χ4n) is 2.72. The number of hydrogen-bond acceptors (Lipinski definition) is 3. The van der Waals surface area contributed by atoms with Gasteiger partial charge in [-0.1, -0.05) is 6.07 Å². The molecular weight excluding hydrogens is 278 g/mol. The Bertz CT molecular complexity index is 537. The summed E-state index contributed by atoms with van der Waals surface area (Å²) in [5.41, 5.74) is 5.45. The number of nitrogens with zero attached hydrogens (tertiary/aromatic N) is 1. The zero-order valence-electron chi connectivity index (χ0n) is 12.2. The minimum Gasteiger partial charge on any atom is -0.381 e. The normalized spacial score (nSPS) is 22.4. The molecule has 0 aliphatic carbocycles. The van der Waals surface area contributed by atoms with Gasteiger partial charge in [-0.05, 0) is 31.4 Å². The van der Waals surface area contributed by atoms with Crippen LogP contribution < -0.4 is 5.73 Å². The van der Waals surface area contributed by atoms with Crippen molar-refractivity contribution in [3.8, 4) is 0 Å². The standard InChI is InChI=1S/C15H20F2N2O2/c1-9-3-4-12(16)13(14(9)17)15(20)19-6-5-11(21-2)7-10(19)8-18/h3-4,10-11H,5-8,18H2,1-2H3. The number of ether oxygens (including phenoxy) is 1. The van der Waals surface area contributed by atoms with Crippen LogP contribution >= 0.6 is 0 Å². The molecule has 0 spiro atoms. The smallest absolute Gasteiger partial charge is 0.260 e. The molecule has 6 heteroatoms. The number of amides is 1. The molecule has 0 aromatic heterocycles. The quantitative estimate of drug-likeness (QED) is 0.926. The summed E-state index contributed by atoms with van der Waals surface area (Å²) in [5.74, 6) is -2.28. The van der Waals surface area contributed by atoms with Crippen molar-refractivity contribution in [1.29, 1.82) is 0 Å². The van der Waals surface area contributed by atoms with Crippen LogP contribution in [0.25, 0.3) is 0 Å². The van der Waals surface area contributed by atoms with Crippen LogP contribution in [-0.4, -0.2) is 43.2 Å². The second-order valence-corrected chi connectivity index (χ2v) is 5.32. The summed E-state index contributed by atoms with van der Waals surface area (Å²) in [6.07, 6.45) is 1.23. The van der Waals surface area contributed by atoms with E-state index in [0.717, 1.165) is 6.07 Å². The lowest BCUT2D eigenvalue weighted by Crippen LogP contribution is -2.51. The van der Waals surface area contributed by atoms with Gasteiger partial charge in [0.05, 0.1) is 6.10 Å². The van der Waals surface area contributed by atoms with Crippen molar-refractivity contribution in [2.24, 2.45) is 5.73 Å². The van der Waals surface area contributed by atoms with Gasteiger partial charge < -0.3 is 15.4 Å². The first-order chi connectivity index (χ1) is 9.99. The van der Waals surface area contributed by atoms with Crippen molar-refractivity contribution < 1.29 is 18.3 Å². The van der Waals surface area contributed by atoms with Crippen molar-refractivity contribution in [2.75, 3.05) is 20.2 Å². The molecule has 1 saturated heterocycles. The Labute approximate surface area is 122 Å². The van der Waals surface area contributed by atoms with Gasteiger partial charge >= 0.3 is 0 Å². The topological polar surface area (TPSA) is 55.6 Å². The highest BCUT2D eigenvalue weighted by Gasteiger charge is 2.33. The Morgan fingerprint density at radius 3 is 2.81 bits per heavy atom. The Kier molecular flexibility index (Phi) is 4.90. The summed E-state index contributed by atoms with van der Waals surface area (Å²) in [6, 6.07) is 2.17. The number of rotatable bonds is 3. The summed E-state index contributed by atoms with van der Waals surface area (Å²) in [6.45, 7) is 2.12. The number of benzene rings is 1. The first-order valence-corrected chi connectivity index (χ1v) is 6.98. The number of nitrogens with two attached hydrogens (primary N) is 1. The van der Waals surface area contributed by atoms with Gasteiger partial charge in [0.1, 0.15) is 17.2 Å². The van der Waals surface area contributed by atoms with Crippen LogP contribution in [-0.2, 0) is 4.74 Å². The van der Waals surface area contributed by atoms with Gasteiger partial charge in [0.25, 0.3) is 5.91 Å². The van der Waals surface area contributed by atoms with Crippen molar-refractivity contribution in [2.45, 2.75) is 31.9 Å². The number of carbonyl (C=O) groups is 1. The van der Waals surface area contributed by atoms with Crippen LogP contribution in [0, 0.1) is 18.6 Å². The van der Waals surface area contributed by atoms with Crippen molar-refractivity contribution >= 4 is 5.91 Å². The van der Waals surface area contributed by atoms with Crippen molar-refractivity contribution in [3.63, 3.8) is 0 Å². The summed E-state index contributed by atoms with van der Waals surface area (Å²) in [5, 5.41) is 0. The first-order valence-electron chi connectivity index (χ1n) is 6.98. The van der Waals surface area contributed by atoms with Crippen LogP contribution in [0.3, 0.4) is 0 Å². The van der Waals surface area contributed by atoms with Crippen LogP contribution in [0.1, 0.15) is 28.8 Å². The lowest BCUT2D eigenvalue weighted by Gasteiger charge is -2.38. The lowest BCUT2D eigenvalue weighted by atomic mass is 9.97. The van der Waals surface area contributed by atoms with Gasteiger partial charge in [-0.15, -0.1) is 0 Å². The molecule has 116 valence electrons. The molecule has 0 radical (unpaired) electrons. The maximum Gasteiger partial charge on any atom is 0.260 e. The summed E-state index contributed by atoms with van der Waals surface area (Å²) < 4.78 is 33.2. The third-order valence-corrected chi connectivity index (χ3v) is 4.03. The van der Waals surface area contributed by atoms with Crippen LogP contribution in [0.5, 0.6) is 0 Å². The van der Waals surface area contributed by atoms with E-state index in [1.165, 1.54) is 17.9 Å². The maximum atomic E-state index is 14.1. The number of hydrogen-bond donors (Lipinski definition) is 1. The lowest BCUT2D eigenvalue weighted by molar-refractivity contribution is 0.0134. The van der Waals surface area contributed by atoms with Gasteiger partial charge in [0, 0.05) is 26.2 Å². The minimum atomic E-state index is -0.840. The molecule has 1 fully saturated rings. The van der Waals surface area contributed by atoms with E-state index >= 15 is 0 Å². The van der Waals surface area contributed by atoms with Crippen LogP contribution in [0.15, 0.2) is 12.1 Å². The fraction of sp³-hybridized carbons (Fsp3) is 0.533. The fourth-order valence-corrected chi connectivity index (χ4v) is 2.72. The van der Waals surface area contributed by atoms with Crippen molar-refractivity contribution in [1.82, 2.24) is 4.90 Å². The van der Waals surface area contributed by atoms with E-state index in [4.69, 9.17) is 10.5 Å². The Morgan fingerprint density at radius 2 is 2.19 bits per heavy atom. The van der Waals surface area contributed by atoms with Crippen LogP contribution in [0.4, 0.5) is 8.78 Å². The Balaban J connectivity index is 2.29. The zero-order valence-corrected chi connectivity index (χ0v) is 12.2. The molecule has 2 N–H and O–H groups in total. The highest BCUT2D eigenvalue weighted by Crippen LogP contribution is 2.24. The van der Waals surface area contributed by atoms with Gasteiger partial charge in [0.15, 0.2) is 0 Å². The second kappa shape index (κ2) is 6.49. The monoisotopic (exact) mass is 298 g/mol. The number of likely N-dealkylation sites (tertiary alicyclic amines) is 1. The summed E-state index contributed by atoms with van der Waals surface area (Å²) >= 11 is 0. The van der Waals surface area contributed by atoms with Crippen LogP contribution in [0.2, 0.25) is 0 Å². The molecule has 1 aromatic carbocycles. The predicted molar refractivity (Wildman–Crippen MR) is 75.0 cm³/mol. The number of piperidine rings is 1. The predicted octanol–water partition coefficient (Wildman–Crippen LogP) is 1.85. The van der Waals surface area contributed by atoms with E-state index in [2.05, 4.69) is 0 Å². The Morgan fingerprint density at radius 1 is 1.48 bits per heavy atom. The first kappa shape index (κ1) is 15.9. The molecule has 0 bridgehead atoms. The third kappa shape index (κ3) is 3.06. The van der Waals surface area contributed by atoms with E-state index in [-0.39, 0.29) is 24.3 Å². The molecule has 2 unspecified atom stereocenters. The SMILES string of the molecule is COC1CCN(C(=O)c2c(F)ccc(C)c2F)C(CN)C1. The molecule has 1 amide bonds. The van der Waals surface area contributed by atoms with Gasteiger partial charge in [-0.2, -0.15) is 0 Å². The number of methoxy groups -OCH3 is 1. The molecule has 1 heterocycles. The van der Waals surface area contributed by atoms with Gasteiger partial charge in [-0.3, -0.25) is 4.79 Å². The van der Waals surface area contributed by atoms with Gasteiger partial charge in [-0.25, -0.2) is 8.78 Å². The molecule has 1 aliphatic rings. The number of halogens is 2. The number of carbonyl (C=O) groups excluding carboxylic acids is 1. The number of aryl methyl sites for hydroxylation is 1. The Hall–Kier alpha value is -1.53. The van der Waals surface area contributed by atoms with Crippen molar-refractivity contribution in [3.05, 3.63) is 34.9 Å². The molecule has 2 rings (SSSR count). The van der Waals surface area contributed by atoms with E-state index in [1.807, 2.05) is 0 Å². The van der Waals surface area contributed by atoms with E-state index in [9.17, 15) is 13.6 Å². The average Bonchev–Trinajstić information content (AvgIpc) is 2.50. The summed E-state index contributed by atoms with van der Waals surface area (Å²) in [4.78, 5) is 14.0. The highest BCUT2D eigenvalue weighted by molar-refractivity contribution is 5.95. The van der Waals surface area contributed by atoms with E-state index in [0.29, 0.717) is 19.4 Å². The van der Waals surface area contributed by atoms with E-state index < -0.39 is 23.1 Å². The largest absolute Gasteiger partial charge is 0.381 e. The molecule has 4 nitrogen and oxygen atoms in total. The summed E-state index contributed by atoms with van der Waals surface area (Å²) in [7, 11) is 1.61. The van der Waals surface area contributed by atoms with E-state index in [1.54, 1.807) is 7.11 Å². The van der Waals surface area contributed by atoms with Gasteiger partial charge in [0.2, 0.25) is 0 Å². The second-order valence-electron chi connectivity index (χ2n) is 5.32.